The molecule has 0 unspecified atom stereocenters. The third-order valence-electron chi connectivity index (χ3n) is 6.97. The second-order valence-electron chi connectivity index (χ2n) is 9.44. The SMILES string of the molecule is O=C1C2=Cc3cc([N+](=O)[O-])ccc3C2=C([N+](=O)[O-])C=C1[N+](=O)[O-].O=C1C2=Cc3cc([N+](=O)[O-])ccc3C2=C([N+](=O)[O-])C=C1[N+](=O)[O-]. The summed E-state index contributed by atoms with van der Waals surface area (Å²) in [5, 5.41) is 65.7. The highest BCUT2D eigenvalue weighted by Crippen LogP contribution is 2.44. The molecule has 2 aromatic rings. The van der Waals surface area contributed by atoms with Crippen LogP contribution in [-0.2, 0) is 9.59 Å². The Kier molecular flexibility index (Phi) is 7.01. The summed E-state index contributed by atoms with van der Waals surface area (Å²) in [6.07, 6.45) is 3.62. The first kappa shape index (κ1) is 30.1. The number of rotatable bonds is 6. The van der Waals surface area contributed by atoms with Crippen LogP contribution in [0.2, 0.25) is 0 Å². The summed E-state index contributed by atoms with van der Waals surface area (Å²) < 4.78 is 0. The van der Waals surface area contributed by atoms with Gasteiger partial charge in [-0.25, -0.2) is 0 Å². The Morgan fingerprint density at radius 3 is 1.07 bits per heavy atom. The van der Waals surface area contributed by atoms with Gasteiger partial charge in [-0.15, -0.1) is 0 Å². The third-order valence-corrected chi connectivity index (χ3v) is 6.97. The molecular weight excluding hydrogens is 620 g/mol. The maximum Gasteiger partial charge on any atom is 0.323 e. The van der Waals surface area contributed by atoms with Gasteiger partial charge in [-0.05, 0) is 46.5 Å². The summed E-state index contributed by atoms with van der Waals surface area (Å²) in [5.41, 5.74) is -3.06. The van der Waals surface area contributed by atoms with Crippen LogP contribution in [0, 0.1) is 60.7 Å². The molecule has 0 fully saturated rings. The fourth-order valence-corrected chi connectivity index (χ4v) is 5.05. The second-order valence-corrected chi connectivity index (χ2v) is 9.44. The number of ketones is 2. The summed E-state index contributed by atoms with van der Waals surface area (Å²) in [4.78, 5) is 85.1. The number of Topliss-reactive ketones (excluding diaryl/α,β-unsaturated/α-hetero) is 2. The van der Waals surface area contributed by atoms with Gasteiger partial charge in [0.2, 0.25) is 0 Å². The predicted molar refractivity (Wildman–Crippen MR) is 150 cm³/mol. The zero-order chi connectivity index (χ0) is 33.8. The number of non-ortho nitro benzene ring substituents is 2. The van der Waals surface area contributed by atoms with Crippen molar-refractivity contribution in [1.82, 2.24) is 0 Å². The van der Waals surface area contributed by atoms with E-state index in [4.69, 9.17) is 0 Å². The molecule has 0 atom stereocenters. The van der Waals surface area contributed by atoms with Gasteiger partial charge in [0.15, 0.2) is 0 Å². The minimum atomic E-state index is -0.991. The van der Waals surface area contributed by atoms with Gasteiger partial charge in [0.05, 0.1) is 52.8 Å². The Labute approximate surface area is 251 Å². The van der Waals surface area contributed by atoms with Gasteiger partial charge in [0.1, 0.15) is 0 Å². The molecule has 0 aromatic heterocycles. The normalized spacial score (nSPS) is 15.6. The minimum absolute atomic E-state index is 0.0597. The first-order valence-corrected chi connectivity index (χ1v) is 12.2. The quantitative estimate of drug-likeness (QED) is 0.326. The first-order chi connectivity index (χ1) is 21.6. The molecule has 0 amide bonds. The monoisotopic (exact) mass is 630 g/mol. The number of hydrogen-bond acceptors (Lipinski definition) is 14. The number of nitro groups is 6. The van der Waals surface area contributed by atoms with E-state index in [1.54, 1.807) is 0 Å². The highest BCUT2D eigenvalue weighted by molar-refractivity contribution is 6.26. The third kappa shape index (κ3) is 4.78. The zero-order valence-electron chi connectivity index (χ0n) is 22.2. The fourth-order valence-electron chi connectivity index (χ4n) is 5.05. The van der Waals surface area contributed by atoms with Crippen molar-refractivity contribution in [3.63, 3.8) is 0 Å². The molecule has 0 saturated heterocycles. The number of hydrogen-bond donors (Lipinski definition) is 0. The van der Waals surface area contributed by atoms with Crippen molar-refractivity contribution in [2.75, 3.05) is 0 Å². The molecule has 0 bridgehead atoms. The van der Waals surface area contributed by atoms with Crippen LogP contribution in [0.3, 0.4) is 0 Å². The number of carbonyl (C=O) groups excluding carboxylic acids is 2. The lowest BCUT2D eigenvalue weighted by molar-refractivity contribution is -0.430. The summed E-state index contributed by atoms with van der Waals surface area (Å²) in [5.74, 6) is -1.93. The number of nitrogens with zero attached hydrogens (tertiary/aromatic N) is 6. The Hall–Kier alpha value is -7.38. The number of carbonyl (C=O) groups is 2. The van der Waals surface area contributed by atoms with Crippen molar-refractivity contribution in [3.8, 4) is 0 Å². The van der Waals surface area contributed by atoms with Gasteiger partial charge in [0, 0.05) is 35.4 Å². The smallest absolute Gasteiger partial charge is 0.282 e. The summed E-state index contributed by atoms with van der Waals surface area (Å²) in [6.45, 7) is 0. The van der Waals surface area contributed by atoms with Gasteiger partial charge >= 0.3 is 11.4 Å². The van der Waals surface area contributed by atoms with Crippen LogP contribution in [-0.4, -0.2) is 41.1 Å². The van der Waals surface area contributed by atoms with Crippen molar-refractivity contribution in [1.29, 1.82) is 0 Å². The highest BCUT2D eigenvalue weighted by Gasteiger charge is 2.43. The van der Waals surface area contributed by atoms with Gasteiger partial charge in [-0.2, -0.15) is 0 Å². The average Bonchev–Trinajstić information content (AvgIpc) is 3.56. The van der Waals surface area contributed by atoms with E-state index in [2.05, 4.69) is 0 Å². The first-order valence-electron chi connectivity index (χ1n) is 12.2. The Morgan fingerprint density at radius 1 is 0.435 bits per heavy atom. The van der Waals surface area contributed by atoms with Gasteiger partial charge in [-0.3, -0.25) is 70.3 Å². The molecule has 228 valence electrons. The van der Waals surface area contributed by atoms with Crippen LogP contribution in [0.1, 0.15) is 22.3 Å². The second kappa shape index (κ2) is 10.7. The Morgan fingerprint density at radius 2 is 0.783 bits per heavy atom. The molecule has 0 aliphatic heterocycles. The minimum Gasteiger partial charge on any atom is -0.282 e. The van der Waals surface area contributed by atoms with E-state index in [0.717, 1.165) is 24.3 Å². The standard InChI is InChI=1S/2C13H5N3O7/c2*17-13-9-4-6-3-7(14(18)19)1-2-8(6)12(9)10(15(20)21)5-11(13)16(22)23/h2*1-5H. The lowest BCUT2D eigenvalue weighted by atomic mass is 9.92. The molecular formula is C26H10N6O14. The molecule has 4 aliphatic carbocycles. The molecule has 6 rings (SSSR count). The molecule has 0 radical (unpaired) electrons. The zero-order valence-corrected chi connectivity index (χ0v) is 22.2. The van der Waals surface area contributed by atoms with Gasteiger partial charge in [0.25, 0.3) is 34.3 Å². The number of nitro benzene ring substituents is 2. The highest BCUT2D eigenvalue weighted by atomic mass is 16.6. The van der Waals surface area contributed by atoms with Crippen molar-refractivity contribution >= 4 is 46.2 Å². The van der Waals surface area contributed by atoms with E-state index in [0.29, 0.717) is 12.2 Å². The van der Waals surface area contributed by atoms with Crippen LogP contribution >= 0.6 is 0 Å². The number of fused-ring (bicyclic) bond motifs is 6. The molecule has 2 aromatic carbocycles. The lowest BCUT2D eigenvalue weighted by Gasteiger charge is -2.10. The van der Waals surface area contributed by atoms with E-state index < -0.39 is 63.9 Å². The van der Waals surface area contributed by atoms with Crippen LogP contribution in [0.4, 0.5) is 11.4 Å². The number of allylic oxidation sites excluding steroid dienone is 6. The van der Waals surface area contributed by atoms with Crippen molar-refractivity contribution < 1.29 is 39.1 Å². The largest absolute Gasteiger partial charge is 0.323 e. The van der Waals surface area contributed by atoms with Crippen LogP contribution < -0.4 is 0 Å². The van der Waals surface area contributed by atoms with Crippen LogP contribution in [0.25, 0.3) is 23.3 Å². The fraction of sp³-hybridized carbons (Fsp3) is 0. The Bertz CT molecular complexity index is 2000. The van der Waals surface area contributed by atoms with Gasteiger partial charge in [-0.1, -0.05) is 0 Å². The molecule has 0 N–H and O–H groups in total. The molecule has 4 aliphatic rings. The van der Waals surface area contributed by atoms with Crippen molar-refractivity contribution in [2.24, 2.45) is 0 Å². The molecule has 0 heterocycles. The molecule has 20 nitrogen and oxygen atoms in total. The van der Waals surface area contributed by atoms with Crippen molar-refractivity contribution in [3.05, 3.63) is 165 Å². The lowest BCUT2D eigenvalue weighted by Crippen LogP contribution is -2.20. The predicted octanol–water partition coefficient (Wildman–Crippen LogP) is 3.45. The summed E-state index contributed by atoms with van der Waals surface area (Å²) in [7, 11) is 0. The maximum atomic E-state index is 12.1. The van der Waals surface area contributed by atoms with E-state index >= 15 is 0 Å². The Balaban J connectivity index is 0.000000181. The topological polar surface area (TPSA) is 293 Å². The summed E-state index contributed by atoms with van der Waals surface area (Å²) >= 11 is 0. The van der Waals surface area contributed by atoms with Gasteiger partial charge < -0.3 is 0 Å². The van der Waals surface area contributed by atoms with E-state index in [1.807, 2.05) is 0 Å². The van der Waals surface area contributed by atoms with Crippen molar-refractivity contribution in [2.45, 2.75) is 0 Å². The summed E-state index contributed by atoms with van der Waals surface area (Å²) in [6, 6.07) is 7.19. The van der Waals surface area contributed by atoms with E-state index in [-0.39, 0.29) is 55.9 Å². The maximum absolute atomic E-state index is 12.1. The molecule has 46 heavy (non-hydrogen) atoms. The number of benzene rings is 2. The van der Waals surface area contributed by atoms with E-state index in [9.17, 15) is 70.3 Å². The molecule has 0 spiro atoms. The average molecular weight is 630 g/mol. The molecule has 0 saturated carbocycles. The van der Waals surface area contributed by atoms with Crippen LogP contribution in [0.15, 0.2) is 82.5 Å². The van der Waals surface area contributed by atoms with E-state index in [1.165, 1.54) is 24.3 Å². The van der Waals surface area contributed by atoms with Crippen LogP contribution in [0.5, 0.6) is 0 Å². The molecule has 20 heteroatoms.